The van der Waals surface area contributed by atoms with Gasteiger partial charge in [-0.1, -0.05) is 127 Å². The van der Waals surface area contributed by atoms with Crippen LogP contribution in [0.15, 0.2) is 85.3 Å². The summed E-state index contributed by atoms with van der Waals surface area (Å²) in [6, 6.07) is 11.2. The molecule has 58 heavy (non-hydrogen) atoms. The van der Waals surface area contributed by atoms with Crippen LogP contribution in [0.5, 0.6) is 0 Å². The number of ether oxygens (including phenoxy) is 2. The summed E-state index contributed by atoms with van der Waals surface area (Å²) in [5, 5.41) is 2.79. The SMILES string of the molecule is CCCCCCC(=O)N(/C=C/C[C@H]1C[C@@H](C)[C@@H](C)C/C=C/Cc2cccc(C)c2C(=O)O1)C(=O)N/C=C/C[C@H]1C[C@@H](C)[C@@H](C)C/C=C/Cc2cccc(C)c2C(=O)O1. The third-order valence-corrected chi connectivity index (χ3v) is 12.0. The van der Waals surface area contributed by atoms with E-state index in [1.807, 2.05) is 50.2 Å². The second-order valence-corrected chi connectivity index (χ2v) is 16.8. The van der Waals surface area contributed by atoms with Gasteiger partial charge in [0, 0.05) is 31.7 Å². The van der Waals surface area contributed by atoms with E-state index in [4.69, 9.17) is 9.47 Å². The molecule has 0 aliphatic carbocycles. The maximum Gasteiger partial charge on any atom is 0.338 e. The van der Waals surface area contributed by atoms with E-state index in [1.54, 1.807) is 18.4 Å². The molecule has 0 saturated heterocycles. The molecule has 1 N–H and O–H groups in total. The van der Waals surface area contributed by atoms with Crippen LogP contribution in [0.1, 0.15) is 148 Å². The number of imide groups is 1. The number of rotatable bonds is 11. The molecule has 314 valence electrons. The van der Waals surface area contributed by atoms with Gasteiger partial charge in [0.15, 0.2) is 0 Å². The van der Waals surface area contributed by atoms with Gasteiger partial charge in [0.1, 0.15) is 12.2 Å². The van der Waals surface area contributed by atoms with Gasteiger partial charge in [0.05, 0.1) is 11.1 Å². The molecule has 4 rings (SSSR count). The second-order valence-electron chi connectivity index (χ2n) is 16.8. The monoisotopic (exact) mass is 793 g/mol. The van der Waals surface area contributed by atoms with Crippen molar-refractivity contribution in [3.05, 3.63) is 119 Å². The topological polar surface area (TPSA) is 102 Å². The van der Waals surface area contributed by atoms with Crippen molar-refractivity contribution < 1.29 is 28.7 Å². The van der Waals surface area contributed by atoms with Crippen LogP contribution in [-0.2, 0) is 27.1 Å². The first-order chi connectivity index (χ1) is 27.9. The van der Waals surface area contributed by atoms with Crippen molar-refractivity contribution in [2.45, 2.75) is 144 Å². The van der Waals surface area contributed by atoms with Gasteiger partial charge in [-0.15, -0.1) is 0 Å². The Labute approximate surface area is 348 Å². The van der Waals surface area contributed by atoms with Gasteiger partial charge in [-0.3, -0.25) is 4.79 Å². The molecule has 6 atom stereocenters. The highest BCUT2D eigenvalue weighted by molar-refractivity contribution is 5.96. The summed E-state index contributed by atoms with van der Waals surface area (Å²) in [6.45, 7) is 14.8. The molecule has 2 aliphatic heterocycles. The Kier molecular flexibility index (Phi) is 18.7. The Morgan fingerprint density at radius 2 is 1.22 bits per heavy atom. The largest absolute Gasteiger partial charge is 0.458 e. The molecule has 8 nitrogen and oxygen atoms in total. The zero-order valence-electron chi connectivity index (χ0n) is 36.1. The lowest BCUT2D eigenvalue weighted by Crippen LogP contribution is -2.38. The molecule has 0 fully saturated rings. The maximum absolute atomic E-state index is 13.7. The van der Waals surface area contributed by atoms with Gasteiger partial charge < -0.3 is 14.8 Å². The first-order valence-electron chi connectivity index (χ1n) is 21.7. The van der Waals surface area contributed by atoms with Crippen LogP contribution < -0.4 is 5.32 Å². The van der Waals surface area contributed by atoms with Crippen molar-refractivity contribution in [2.75, 3.05) is 0 Å². The zero-order valence-corrected chi connectivity index (χ0v) is 36.1. The van der Waals surface area contributed by atoms with Crippen LogP contribution in [-0.4, -0.2) is 41.0 Å². The number of fused-ring (bicyclic) bond motifs is 2. The number of nitrogens with zero attached hydrogens (tertiary/aromatic N) is 1. The number of carbonyl (C=O) groups excluding carboxylic acids is 4. The van der Waals surface area contributed by atoms with Gasteiger partial charge in [-0.25, -0.2) is 19.3 Å². The van der Waals surface area contributed by atoms with E-state index in [-0.39, 0.29) is 30.2 Å². The Hall–Kier alpha value is -4.72. The highest BCUT2D eigenvalue weighted by atomic mass is 16.5. The number of benzene rings is 2. The molecule has 0 radical (unpaired) electrons. The molecule has 2 aliphatic rings. The molecule has 0 spiro atoms. The maximum atomic E-state index is 13.7. The van der Waals surface area contributed by atoms with Crippen molar-refractivity contribution in [3.8, 4) is 0 Å². The van der Waals surface area contributed by atoms with Crippen LogP contribution in [0, 0.1) is 37.5 Å². The standard InChI is InChI=1S/C50H68N2O6/c1-8-9-10-11-30-45(53)52(32-19-29-44-34-40(7)36(3)21-13-15-25-42-27-17-23-38(5)47(42)49(55)58-44)50(56)51-31-18-28-43-33-39(6)35(2)20-12-14-24-41-26-16-22-37(4)46(41)48(54)57-43/h12-19,22-23,26-27,31-32,35-36,39-40,43-44H,8-11,20-21,24-25,28-30,33-34H2,1-7H3,(H,51,56)/b14-12+,15-13+,31-18+,32-19+/t35-,36-,39+,40+,43-,44-/m0/s1. The molecular formula is C50H68N2O6. The van der Waals surface area contributed by atoms with Crippen LogP contribution in [0.25, 0.3) is 0 Å². The van der Waals surface area contributed by atoms with Gasteiger partial charge in [0.2, 0.25) is 5.91 Å². The lowest BCUT2D eigenvalue weighted by molar-refractivity contribution is -0.126. The van der Waals surface area contributed by atoms with E-state index in [9.17, 15) is 19.2 Å². The van der Waals surface area contributed by atoms with Crippen LogP contribution in [0.4, 0.5) is 4.79 Å². The number of amides is 3. The molecular weight excluding hydrogens is 725 g/mol. The van der Waals surface area contributed by atoms with Gasteiger partial charge in [0.25, 0.3) is 0 Å². The lowest BCUT2D eigenvalue weighted by atomic mass is 9.87. The van der Waals surface area contributed by atoms with Crippen molar-refractivity contribution in [3.63, 3.8) is 0 Å². The van der Waals surface area contributed by atoms with Crippen molar-refractivity contribution in [1.29, 1.82) is 0 Å². The third-order valence-electron chi connectivity index (χ3n) is 12.0. The minimum atomic E-state index is -0.573. The number of carbonyl (C=O) groups is 4. The predicted octanol–water partition coefficient (Wildman–Crippen LogP) is 11.7. The molecule has 0 aromatic heterocycles. The van der Waals surface area contributed by atoms with E-state index < -0.39 is 18.2 Å². The average Bonchev–Trinajstić information content (AvgIpc) is 3.18. The van der Waals surface area contributed by atoms with Crippen molar-refractivity contribution in [1.82, 2.24) is 10.2 Å². The highest BCUT2D eigenvalue weighted by Crippen LogP contribution is 2.28. The summed E-state index contributed by atoms with van der Waals surface area (Å²) in [7, 11) is 0. The fourth-order valence-electron chi connectivity index (χ4n) is 7.81. The first kappa shape index (κ1) is 46.0. The van der Waals surface area contributed by atoms with E-state index in [0.29, 0.717) is 73.8 Å². The number of allylic oxidation sites excluding steroid dienone is 4. The summed E-state index contributed by atoms with van der Waals surface area (Å²) in [6.07, 6.45) is 23.7. The van der Waals surface area contributed by atoms with Crippen molar-refractivity contribution in [2.24, 2.45) is 23.7 Å². The fraction of sp³-hybridized carbons (Fsp3) is 0.520. The van der Waals surface area contributed by atoms with Crippen LogP contribution >= 0.6 is 0 Å². The first-order valence-corrected chi connectivity index (χ1v) is 21.7. The number of hydrogen-bond donors (Lipinski definition) is 1. The molecule has 3 amide bonds. The summed E-state index contributed by atoms with van der Waals surface area (Å²) in [4.78, 5) is 55.6. The Bertz CT molecular complexity index is 1810. The lowest BCUT2D eigenvalue weighted by Gasteiger charge is -2.26. The number of urea groups is 1. The third kappa shape index (κ3) is 14.0. The smallest absolute Gasteiger partial charge is 0.338 e. The Morgan fingerprint density at radius 1 is 0.707 bits per heavy atom. The van der Waals surface area contributed by atoms with E-state index >= 15 is 0 Å². The van der Waals surface area contributed by atoms with Gasteiger partial charge in [-0.05, 0) is 105 Å². The molecule has 0 bridgehead atoms. The minimum absolute atomic E-state index is 0.238. The van der Waals surface area contributed by atoms with Crippen molar-refractivity contribution >= 4 is 23.9 Å². The number of nitrogens with one attached hydrogen (secondary N) is 1. The van der Waals surface area contributed by atoms with E-state index in [1.165, 1.54) is 6.20 Å². The number of hydrogen-bond acceptors (Lipinski definition) is 6. The van der Waals surface area contributed by atoms with Gasteiger partial charge >= 0.3 is 18.0 Å². The fourth-order valence-corrected chi connectivity index (χ4v) is 7.81. The number of cyclic esters (lactones) is 2. The Morgan fingerprint density at radius 3 is 1.74 bits per heavy atom. The summed E-state index contributed by atoms with van der Waals surface area (Å²) in [5.41, 5.74) is 4.86. The second kappa shape index (κ2) is 23.6. The highest BCUT2D eigenvalue weighted by Gasteiger charge is 2.26. The molecule has 0 unspecified atom stereocenters. The summed E-state index contributed by atoms with van der Waals surface area (Å²) in [5.74, 6) is 0.382. The number of esters is 2. The normalized spacial score (nSPS) is 24.5. The summed E-state index contributed by atoms with van der Waals surface area (Å²) < 4.78 is 12.4. The zero-order chi connectivity index (χ0) is 42.0. The molecule has 8 heteroatoms. The van der Waals surface area contributed by atoms with Gasteiger partial charge in [-0.2, -0.15) is 0 Å². The molecule has 0 saturated carbocycles. The quantitative estimate of drug-likeness (QED) is 0.138. The van der Waals surface area contributed by atoms with E-state index in [0.717, 1.165) is 59.3 Å². The molecule has 2 aromatic rings. The van der Waals surface area contributed by atoms with Crippen LogP contribution in [0.3, 0.4) is 0 Å². The number of unbranched alkanes of at least 4 members (excludes halogenated alkanes) is 3. The molecule has 2 heterocycles. The average molecular weight is 793 g/mol. The van der Waals surface area contributed by atoms with Crippen LogP contribution in [0.2, 0.25) is 0 Å². The van der Waals surface area contributed by atoms with E-state index in [2.05, 4.69) is 64.2 Å². The number of aryl methyl sites for hydroxylation is 2. The molecule has 2 aromatic carbocycles. The Balaban J connectivity index is 1.49. The predicted molar refractivity (Wildman–Crippen MR) is 233 cm³/mol. The summed E-state index contributed by atoms with van der Waals surface area (Å²) >= 11 is 0. The minimum Gasteiger partial charge on any atom is -0.458 e.